The highest BCUT2D eigenvalue weighted by molar-refractivity contribution is 7.20. The van der Waals surface area contributed by atoms with Gasteiger partial charge in [0.25, 0.3) is 0 Å². The number of aryl methyl sites for hydroxylation is 1. The molecule has 8 heteroatoms. The van der Waals surface area contributed by atoms with Gasteiger partial charge >= 0.3 is 0 Å². The fourth-order valence-electron chi connectivity index (χ4n) is 2.84. The number of methoxy groups -OCH3 is 1. The number of aromatic nitrogens is 3. The van der Waals surface area contributed by atoms with E-state index in [1.807, 2.05) is 31.2 Å². The lowest BCUT2D eigenvalue weighted by Crippen LogP contribution is -2.17. The maximum Gasteiger partial charge on any atom is 0.229 e. The number of para-hydroxylation sites is 1. The SMILES string of the molecule is COc1ccc(CC(=O)Nc2cc(C)nn2-c2nc3c(F)cccc3s2)cc1. The number of anilines is 1. The molecule has 2 aromatic carbocycles. The Kier molecular flexibility index (Phi) is 4.79. The average molecular weight is 396 g/mol. The molecule has 28 heavy (non-hydrogen) atoms. The molecule has 0 bridgehead atoms. The molecule has 0 aliphatic heterocycles. The third-order valence-electron chi connectivity index (χ3n) is 4.16. The van der Waals surface area contributed by atoms with Crippen molar-refractivity contribution in [3.63, 3.8) is 0 Å². The molecule has 4 rings (SSSR count). The molecule has 6 nitrogen and oxygen atoms in total. The van der Waals surface area contributed by atoms with Crippen LogP contribution in [-0.2, 0) is 11.2 Å². The number of amides is 1. The highest BCUT2D eigenvalue weighted by Gasteiger charge is 2.16. The van der Waals surface area contributed by atoms with E-state index in [4.69, 9.17) is 4.74 Å². The number of carbonyl (C=O) groups is 1. The van der Waals surface area contributed by atoms with Crippen LogP contribution in [0.4, 0.5) is 10.2 Å². The van der Waals surface area contributed by atoms with E-state index in [9.17, 15) is 9.18 Å². The van der Waals surface area contributed by atoms with Crippen molar-refractivity contribution >= 4 is 33.3 Å². The molecular formula is C20H17FN4O2S. The monoisotopic (exact) mass is 396 g/mol. The molecule has 142 valence electrons. The first-order valence-corrected chi connectivity index (χ1v) is 9.40. The minimum atomic E-state index is -0.381. The van der Waals surface area contributed by atoms with Gasteiger partial charge in [-0.3, -0.25) is 4.79 Å². The quantitative estimate of drug-likeness (QED) is 0.551. The minimum absolute atomic E-state index is 0.182. The van der Waals surface area contributed by atoms with Crippen LogP contribution in [0.15, 0.2) is 48.5 Å². The van der Waals surface area contributed by atoms with Crippen molar-refractivity contribution in [1.82, 2.24) is 14.8 Å². The van der Waals surface area contributed by atoms with E-state index in [1.54, 1.807) is 25.3 Å². The number of benzene rings is 2. The Morgan fingerprint density at radius 3 is 2.75 bits per heavy atom. The van der Waals surface area contributed by atoms with Crippen LogP contribution < -0.4 is 10.1 Å². The van der Waals surface area contributed by atoms with Crippen LogP contribution in [0.3, 0.4) is 0 Å². The standard InChI is InChI=1S/C20H17FN4O2S/c1-12-10-17(22-18(26)11-13-6-8-14(27-2)9-7-13)25(24-12)20-23-19-15(21)4-3-5-16(19)28-20/h3-10H,11H2,1-2H3,(H,22,26). The first-order valence-electron chi connectivity index (χ1n) is 8.58. The Labute approximate surface area is 164 Å². The molecule has 1 N–H and O–H groups in total. The zero-order chi connectivity index (χ0) is 19.7. The van der Waals surface area contributed by atoms with Crippen molar-refractivity contribution in [2.24, 2.45) is 0 Å². The van der Waals surface area contributed by atoms with E-state index in [1.165, 1.54) is 22.1 Å². The van der Waals surface area contributed by atoms with Gasteiger partial charge in [-0.2, -0.15) is 9.78 Å². The molecule has 0 spiro atoms. The van der Waals surface area contributed by atoms with Crippen LogP contribution in [0.25, 0.3) is 15.3 Å². The van der Waals surface area contributed by atoms with Gasteiger partial charge in [0.15, 0.2) is 0 Å². The molecule has 0 saturated carbocycles. The van der Waals surface area contributed by atoms with Crippen LogP contribution >= 0.6 is 11.3 Å². The van der Waals surface area contributed by atoms with E-state index >= 15 is 0 Å². The molecule has 0 fully saturated rings. The summed E-state index contributed by atoms with van der Waals surface area (Å²) in [6.07, 6.45) is 0.211. The van der Waals surface area contributed by atoms with Gasteiger partial charge in [-0.25, -0.2) is 9.37 Å². The summed E-state index contributed by atoms with van der Waals surface area (Å²) in [7, 11) is 1.60. The molecule has 2 heterocycles. The number of nitrogens with zero attached hydrogens (tertiary/aromatic N) is 3. The van der Waals surface area contributed by atoms with Crippen molar-refractivity contribution in [2.45, 2.75) is 13.3 Å². The maximum absolute atomic E-state index is 14.0. The molecule has 0 atom stereocenters. The summed E-state index contributed by atoms with van der Waals surface area (Å²) in [4.78, 5) is 16.8. The van der Waals surface area contributed by atoms with E-state index in [-0.39, 0.29) is 18.1 Å². The number of rotatable bonds is 5. The lowest BCUT2D eigenvalue weighted by Gasteiger charge is -2.07. The highest BCUT2D eigenvalue weighted by atomic mass is 32.1. The lowest BCUT2D eigenvalue weighted by atomic mass is 10.1. The summed E-state index contributed by atoms with van der Waals surface area (Å²) in [5.41, 5.74) is 1.88. The van der Waals surface area contributed by atoms with E-state index < -0.39 is 0 Å². The number of hydrogen-bond donors (Lipinski definition) is 1. The molecular weight excluding hydrogens is 379 g/mol. The van der Waals surface area contributed by atoms with Gasteiger partial charge < -0.3 is 10.1 Å². The number of ether oxygens (including phenoxy) is 1. The van der Waals surface area contributed by atoms with E-state index in [0.29, 0.717) is 16.5 Å². The molecule has 0 saturated heterocycles. The second-order valence-corrected chi connectivity index (χ2v) is 7.25. The predicted molar refractivity (Wildman–Crippen MR) is 107 cm³/mol. The van der Waals surface area contributed by atoms with Gasteiger partial charge in [0.05, 0.1) is 23.9 Å². The zero-order valence-electron chi connectivity index (χ0n) is 15.3. The smallest absolute Gasteiger partial charge is 0.229 e. The Morgan fingerprint density at radius 1 is 1.25 bits per heavy atom. The summed E-state index contributed by atoms with van der Waals surface area (Å²) in [6, 6.07) is 13.9. The molecule has 0 unspecified atom stereocenters. The molecule has 2 aromatic heterocycles. The Bertz CT molecular complexity index is 1150. The average Bonchev–Trinajstić information content (AvgIpc) is 3.26. The first-order chi connectivity index (χ1) is 13.5. The molecule has 4 aromatic rings. The maximum atomic E-state index is 14.0. The largest absolute Gasteiger partial charge is 0.497 e. The first kappa shape index (κ1) is 18.1. The van der Waals surface area contributed by atoms with Crippen LogP contribution in [-0.4, -0.2) is 27.8 Å². The number of fused-ring (bicyclic) bond motifs is 1. The number of halogens is 1. The highest BCUT2D eigenvalue weighted by Crippen LogP contribution is 2.28. The summed E-state index contributed by atoms with van der Waals surface area (Å²) in [6.45, 7) is 1.82. The van der Waals surface area contributed by atoms with Crippen LogP contribution in [0.5, 0.6) is 5.75 Å². The molecule has 0 radical (unpaired) electrons. The lowest BCUT2D eigenvalue weighted by molar-refractivity contribution is -0.115. The van der Waals surface area contributed by atoms with Crippen molar-refractivity contribution < 1.29 is 13.9 Å². The third-order valence-corrected chi connectivity index (χ3v) is 5.16. The summed E-state index contributed by atoms with van der Waals surface area (Å²) < 4.78 is 21.3. The second-order valence-electron chi connectivity index (χ2n) is 6.24. The van der Waals surface area contributed by atoms with Gasteiger partial charge in [0, 0.05) is 6.07 Å². The summed E-state index contributed by atoms with van der Waals surface area (Å²) in [5.74, 6) is 0.670. The fourth-order valence-corrected chi connectivity index (χ4v) is 3.79. The Balaban J connectivity index is 1.58. The number of hydrogen-bond acceptors (Lipinski definition) is 5. The number of thiazole rings is 1. The fraction of sp³-hybridized carbons (Fsp3) is 0.150. The Hall–Kier alpha value is -3.26. The molecule has 0 aliphatic carbocycles. The van der Waals surface area contributed by atoms with Crippen molar-refractivity contribution in [2.75, 3.05) is 12.4 Å². The van der Waals surface area contributed by atoms with Crippen molar-refractivity contribution in [1.29, 1.82) is 0 Å². The van der Waals surface area contributed by atoms with E-state index in [0.717, 1.165) is 21.7 Å². The topological polar surface area (TPSA) is 69.0 Å². The van der Waals surface area contributed by atoms with Gasteiger partial charge in [0.1, 0.15) is 22.9 Å². The zero-order valence-corrected chi connectivity index (χ0v) is 16.1. The molecule has 1 amide bonds. The molecule has 0 aliphatic rings. The minimum Gasteiger partial charge on any atom is -0.497 e. The van der Waals surface area contributed by atoms with E-state index in [2.05, 4.69) is 15.4 Å². The van der Waals surface area contributed by atoms with Gasteiger partial charge in [-0.15, -0.1) is 0 Å². The number of nitrogens with one attached hydrogen (secondary N) is 1. The normalized spacial score (nSPS) is 11.0. The van der Waals surface area contributed by atoms with Crippen LogP contribution in [0.1, 0.15) is 11.3 Å². The van der Waals surface area contributed by atoms with Crippen molar-refractivity contribution in [3.05, 3.63) is 65.6 Å². The second kappa shape index (κ2) is 7.40. The van der Waals surface area contributed by atoms with Gasteiger partial charge in [-0.05, 0) is 36.8 Å². The number of carbonyl (C=O) groups excluding carboxylic acids is 1. The van der Waals surface area contributed by atoms with Crippen LogP contribution in [0, 0.1) is 12.7 Å². The summed E-state index contributed by atoms with van der Waals surface area (Å²) in [5, 5.41) is 7.76. The van der Waals surface area contributed by atoms with Crippen LogP contribution in [0.2, 0.25) is 0 Å². The van der Waals surface area contributed by atoms with Gasteiger partial charge in [0.2, 0.25) is 11.0 Å². The van der Waals surface area contributed by atoms with Crippen molar-refractivity contribution in [3.8, 4) is 10.9 Å². The predicted octanol–water partition coefficient (Wildman–Crippen LogP) is 4.12. The third kappa shape index (κ3) is 3.59. The Morgan fingerprint density at radius 2 is 2.04 bits per heavy atom. The summed E-state index contributed by atoms with van der Waals surface area (Å²) >= 11 is 1.31. The van der Waals surface area contributed by atoms with Gasteiger partial charge in [-0.1, -0.05) is 29.5 Å².